The van der Waals surface area contributed by atoms with Crippen molar-refractivity contribution in [1.82, 2.24) is 0 Å². The first-order chi connectivity index (χ1) is 7.33. The third-order valence-corrected chi connectivity index (χ3v) is 2.70. The van der Waals surface area contributed by atoms with E-state index >= 15 is 0 Å². The van der Waals surface area contributed by atoms with Crippen molar-refractivity contribution in [2.75, 3.05) is 18.0 Å². The summed E-state index contributed by atoms with van der Waals surface area (Å²) in [7, 11) is 0. The minimum absolute atomic E-state index is 0.126. The molecule has 1 aromatic carbocycles. The molecule has 0 amide bonds. The van der Waals surface area contributed by atoms with E-state index in [1.54, 1.807) is 0 Å². The van der Waals surface area contributed by atoms with Gasteiger partial charge in [0.1, 0.15) is 0 Å². The van der Waals surface area contributed by atoms with Gasteiger partial charge in [0.05, 0.1) is 17.7 Å². The van der Waals surface area contributed by atoms with Gasteiger partial charge < -0.3 is 4.90 Å². The van der Waals surface area contributed by atoms with Gasteiger partial charge in [-0.05, 0) is 30.7 Å². The monoisotopic (exact) mass is 203 g/mol. The number of anilines is 1. The molecular weight excluding hydrogens is 190 g/mol. The van der Waals surface area contributed by atoms with Crippen LogP contribution in [0.4, 0.5) is 5.69 Å². The molecule has 1 heterocycles. The molecule has 1 atom stereocenters. The molecule has 15 heavy (non-hydrogen) atoms. The summed E-state index contributed by atoms with van der Waals surface area (Å²) in [5, 5.41) is 8.67. The van der Waals surface area contributed by atoms with E-state index in [1.807, 2.05) is 24.3 Å². The molecule has 0 aromatic heterocycles. The molecule has 1 aromatic rings. The topological polar surface area (TPSA) is 62.3 Å². The highest BCUT2D eigenvalue weighted by Crippen LogP contribution is 2.21. The summed E-state index contributed by atoms with van der Waals surface area (Å²) in [4.78, 5) is 7.02. The largest absolute Gasteiger partial charge is 0.369 e. The molecule has 78 valence electrons. The Morgan fingerprint density at radius 3 is 2.67 bits per heavy atom. The summed E-state index contributed by atoms with van der Waals surface area (Å²) in [6, 6.07) is 9.66. The van der Waals surface area contributed by atoms with Crippen molar-refractivity contribution in [2.45, 2.75) is 12.5 Å². The maximum Gasteiger partial charge on any atom is 0.0991 e. The van der Waals surface area contributed by atoms with E-state index in [-0.39, 0.29) is 6.10 Å². The number of hydrogen-bond acceptors (Lipinski definition) is 4. The summed E-state index contributed by atoms with van der Waals surface area (Å²) in [6.07, 6.45) is 1.08. The minimum atomic E-state index is 0.126. The second kappa shape index (κ2) is 4.30. The van der Waals surface area contributed by atoms with Crippen LogP contribution >= 0.6 is 0 Å². The van der Waals surface area contributed by atoms with Gasteiger partial charge in [0.25, 0.3) is 0 Å². The average Bonchev–Trinajstić information content (AvgIpc) is 2.78. The van der Waals surface area contributed by atoms with Gasteiger partial charge in [-0.2, -0.15) is 5.26 Å². The van der Waals surface area contributed by atoms with E-state index in [1.165, 1.54) is 0 Å². The lowest BCUT2D eigenvalue weighted by Crippen LogP contribution is -2.24. The van der Waals surface area contributed by atoms with Crippen molar-refractivity contribution in [3.63, 3.8) is 0 Å². The number of rotatable bonds is 2. The maximum absolute atomic E-state index is 8.67. The van der Waals surface area contributed by atoms with E-state index in [9.17, 15) is 0 Å². The van der Waals surface area contributed by atoms with E-state index in [0.29, 0.717) is 5.56 Å². The Kier molecular flexibility index (Phi) is 2.86. The molecule has 0 saturated carbocycles. The first kappa shape index (κ1) is 9.97. The Balaban J connectivity index is 2.08. The van der Waals surface area contributed by atoms with Crippen LogP contribution in [0.2, 0.25) is 0 Å². The fraction of sp³-hybridized carbons (Fsp3) is 0.364. The van der Waals surface area contributed by atoms with Gasteiger partial charge in [0.15, 0.2) is 0 Å². The fourth-order valence-corrected chi connectivity index (χ4v) is 1.82. The van der Waals surface area contributed by atoms with Crippen molar-refractivity contribution in [3.05, 3.63) is 29.8 Å². The van der Waals surface area contributed by atoms with Crippen molar-refractivity contribution in [1.29, 1.82) is 5.26 Å². The molecule has 0 bridgehead atoms. The highest BCUT2D eigenvalue weighted by molar-refractivity contribution is 5.50. The van der Waals surface area contributed by atoms with Gasteiger partial charge in [0.2, 0.25) is 0 Å². The predicted octanol–water partition coefficient (Wildman–Crippen LogP) is 1.03. The van der Waals surface area contributed by atoms with Gasteiger partial charge in [0, 0.05) is 18.8 Å². The van der Waals surface area contributed by atoms with Gasteiger partial charge in [-0.1, -0.05) is 0 Å². The first-order valence-electron chi connectivity index (χ1n) is 4.94. The molecule has 1 aliphatic heterocycles. The molecule has 1 fully saturated rings. The van der Waals surface area contributed by atoms with Crippen molar-refractivity contribution in [2.24, 2.45) is 5.90 Å². The Labute approximate surface area is 88.8 Å². The SMILES string of the molecule is N#Cc1ccc(N2CCC(ON)C2)cc1. The maximum atomic E-state index is 8.67. The number of hydrogen-bond donors (Lipinski definition) is 1. The molecule has 0 radical (unpaired) electrons. The lowest BCUT2D eigenvalue weighted by Gasteiger charge is -2.17. The van der Waals surface area contributed by atoms with Crippen LogP contribution in [0.25, 0.3) is 0 Å². The van der Waals surface area contributed by atoms with E-state index < -0.39 is 0 Å². The summed E-state index contributed by atoms with van der Waals surface area (Å²) in [6.45, 7) is 1.77. The van der Waals surface area contributed by atoms with E-state index in [2.05, 4.69) is 11.0 Å². The smallest absolute Gasteiger partial charge is 0.0991 e. The summed E-state index contributed by atoms with van der Waals surface area (Å²) < 4.78 is 0. The van der Waals surface area contributed by atoms with Crippen LogP contribution in [0.5, 0.6) is 0 Å². The lowest BCUT2D eigenvalue weighted by molar-refractivity contribution is 0.0690. The molecule has 1 saturated heterocycles. The number of nitrogens with zero attached hydrogens (tertiary/aromatic N) is 2. The molecule has 2 N–H and O–H groups in total. The fourth-order valence-electron chi connectivity index (χ4n) is 1.82. The quantitative estimate of drug-likeness (QED) is 0.729. The van der Waals surface area contributed by atoms with Crippen LogP contribution < -0.4 is 10.8 Å². The van der Waals surface area contributed by atoms with Gasteiger partial charge in [-0.25, -0.2) is 5.90 Å². The third kappa shape index (κ3) is 2.09. The third-order valence-electron chi connectivity index (χ3n) is 2.70. The Morgan fingerprint density at radius 1 is 1.40 bits per heavy atom. The zero-order valence-electron chi connectivity index (χ0n) is 8.39. The van der Waals surface area contributed by atoms with Gasteiger partial charge in [-0.3, -0.25) is 4.84 Å². The summed E-state index contributed by atoms with van der Waals surface area (Å²) >= 11 is 0. The summed E-state index contributed by atoms with van der Waals surface area (Å²) in [5.41, 5.74) is 1.80. The normalized spacial score (nSPS) is 20.3. The lowest BCUT2D eigenvalue weighted by atomic mass is 10.2. The van der Waals surface area contributed by atoms with Gasteiger partial charge >= 0.3 is 0 Å². The average molecular weight is 203 g/mol. The highest BCUT2D eigenvalue weighted by atomic mass is 16.6. The number of nitriles is 1. The van der Waals surface area contributed by atoms with Crippen molar-refractivity contribution in [3.8, 4) is 6.07 Å². The number of nitrogens with two attached hydrogens (primary N) is 1. The second-order valence-corrected chi connectivity index (χ2v) is 3.65. The molecule has 4 heteroatoms. The Bertz CT molecular complexity index is 368. The summed E-state index contributed by atoms with van der Waals surface area (Å²) in [5.74, 6) is 5.15. The first-order valence-corrected chi connectivity index (χ1v) is 4.94. The molecular formula is C11H13N3O. The Hall–Kier alpha value is -1.57. The van der Waals surface area contributed by atoms with Crippen LogP contribution in [0, 0.1) is 11.3 Å². The van der Waals surface area contributed by atoms with Crippen LogP contribution in [-0.2, 0) is 4.84 Å². The number of benzene rings is 1. The molecule has 0 spiro atoms. The predicted molar refractivity (Wildman–Crippen MR) is 57.0 cm³/mol. The van der Waals surface area contributed by atoms with Crippen LogP contribution in [0.1, 0.15) is 12.0 Å². The van der Waals surface area contributed by atoms with Crippen LogP contribution in [-0.4, -0.2) is 19.2 Å². The van der Waals surface area contributed by atoms with Crippen molar-refractivity contribution >= 4 is 5.69 Å². The highest BCUT2D eigenvalue weighted by Gasteiger charge is 2.22. The van der Waals surface area contributed by atoms with Gasteiger partial charge in [-0.15, -0.1) is 0 Å². The van der Waals surface area contributed by atoms with E-state index in [0.717, 1.165) is 25.2 Å². The van der Waals surface area contributed by atoms with E-state index in [4.69, 9.17) is 16.0 Å². The standard InChI is InChI=1S/C11H13N3O/c12-7-9-1-3-10(4-2-9)14-6-5-11(8-14)15-13/h1-4,11H,5-6,8,13H2. The molecule has 2 rings (SSSR count). The molecule has 4 nitrogen and oxygen atoms in total. The molecule has 0 aliphatic carbocycles. The second-order valence-electron chi connectivity index (χ2n) is 3.65. The molecule has 1 aliphatic rings. The zero-order valence-corrected chi connectivity index (χ0v) is 8.39. The Morgan fingerprint density at radius 2 is 2.13 bits per heavy atom. The zero-order chi connectivity index (χ0) is 10.7. The van der Waals surface area contributed by atoms with Crippen molar-refractivity contribution < 1.29 is 4.84 Å². The molecule has 1 unspecified atom stereocenters. The minimum Gasteiger partial charge on any atom is -0.369 e. The van der Waals surface area contributed by atoms with Crippen LogP contribution in [0.3, 0.4) is 0 Å². The van der Waals surface area contributed by atoms with Crippen LogP contribution in [0.15, 0.2) is 24.3 Å².